The van der Waals surface area contributed by atoms with E-state index in [1.54, 1.807) is 11.9 Å². The van der Waals surface area contributed by atoms with Gasteiger partial charge in [0.05, 0.1) is 23.9 Å². The maximum absolute atomic E-state index is 12.2. The van der Waals surface area contributed by atoms with Crippen LogP contribution in [0.5, 0.6) is 0 Å². The highest BCUT2D eigenvalue weighted by atomic mass is 16.2. The monoisotopic (exact) mass is 257 g/mol. The first-order chi connectivity index (χ1) is 9.06. The molecule has 1 unspecified atom stereocenters. The maximum atomic E-state index is 12.2. The molecule has 0 saturated heterocycles. The topological polar surface area (TPSA) is 61.4 Å². The van der Waals surface area contributed by atoms with Gasteiger partial charge < -0.3 is 15.5 Å². The molecule has 19 heavy (non-hydrogen) atoms. The molecular weight excluding hydrogens is 242 g/mol. The quantitative estimate of drug-likeness (QED) is 0.790. The SMILES string of the molecule is Cc1cccc(C2NC(=O)NC3=C2C(=O)N(C)C3)c1. The molecule has 3 amide bonds. The van der Waals surface area contributed by atoms with Gasteiger partial charge in [0, 0.05) is 7.05 Å². The molecule has 0 spiro atoms. The smallest absolute Gasteiger partial charge is 0.319 e. The summed E-state index contributed by atoms with van der Waals surface area (Å²) in [4.78, 5) is 25.5. The molecule has 1 aromatic carbocycles. The number of carbonyl (C=O) groups is 2. The first-order valence-corrected chi connectivity index (χ1v) is 6.19. The summed E-state index contributed by atoms with van der Waals surface area (Å²) in [5.74, 6) is -0.0333. The predicted molar refractivity (Wildman–Crippen MR) is 70.3 cm³/mol. The highest BCUT2D eigenvalue weighted by molar-refractivity contribution is 6.01. The van der Waals surface area contributed by atoms with E-state index in [0.717, 1.165) is 11.1 Å². The Balaban J connectivity index is 2.07. The molecule has 3 rings (SSSR count). The summed E-state index contributed by atoms with van der Waals surface area (Å²) in [5, 5.41) is 5.55. The minimum absolute atomic E-state index is 0.0333. The Morgan fingerprint density at radius 1 is 1.32 bits per heavy atom. The normalized spacial score (nSPS) is 22.2. The summed E-state index contributed by atoms with van der Waals surface area (Å²) in [6.45, 7) is 2.45. The molecule has 5 heteroatoms. The molecule has 2 N–H and O–H groups in total. The van der Waals surface area contributed by atoms with Gasteiger partial charge in [-0.3, -0.25) is 4.79 Å². The number of hydrogen-bond acceptors (Lipinski definition) is 2. The van der Waals surface area contributed by atoms with E-state index in [9.17, 15) is 9.59 Å². The number of urea groups is 1. The second kappa shape index (κ2) is 4.12. The Bertz CT molecular complexity index is 606. The number of nitrogens with one attached hydrogen (secondary N) is 2. The zero-order chi connectivity index (χ0) is 13.6. The number of carbonyl (C=O) groups excluding carboxylic acids is 2. The fourth-order valence-corrected chi connectivity index (χ4v) is 2.61. The zero-order valence-electron chi connectivity index (χ0n) is 10.9. The largest absolute Gasteiger partial charge is 0.336 e. The van der Waals surface area contributed by atoms with Crippen molar-refractivity contribution in [1.82, 2.24) is 15.5 Å². The number of likely N-dealkylation sites (N-methyl/N-ethyl adjacent to an activating group) is 1. The van der Waals surface area contributed by atoms with Gasteiger partial charge in [0.1, 0.15) is 0 Å². The van der Waals surface area contributed by atoms with E-state index in [2.05, 4.69) is 10.6 Å². The van der Waals surface area contributed by atoms with Crippen molar-refractivity contribution in [2.45, 2.75) is 13.0 Å². The molecule has 1 atom stereocenters. The van der Waals surface area contributed by atoms with Crippen LogP contribution in [0.25, 0.3) is 0 Å². The van der Waals surface area contributed by atoms with Gasteiger partial charge in [-0.15, -0.1) is 0 Å². The van der Waals surface area contributed by atoms with Crippen LogP contribution in [0.3, 0.4) is 0 Å². The third-order valence-electron chi connectivity index (χ3n) is 3.50. The number of aryl methyl sites for hydroxylation is 1. The van der Waals surface area contributed by atoms with Gasteiger partial charge in [0.15, 0.2) is 0 Å². The first kappa shape index (κ1) is 11.8. The first-order valence-electron chi connectivity index (χ1n) is 6.19. The molecule has 1 aromatic rings. The van der Waals surface area contributed by atoms with Gasteiger partial charge >= 0.3 is 6.03 Å². The minimum atomic E-state index is -0.360. The summed E-state index contributed by atoms with van der Waals surface area (Å²) in [5.41, 5.74) is 3.40. The van der Waals surface area contributed by atoms with Crippen LogP contribution in [0, 0.1) is 6.92 Å². The Labute approximate surface area is 111 Å². The summed E-state index contributed by atoms with van der Waals surface area (Å²) < 4.78 is 0. The van der Waals surface area contributed by atoms with Gasteiger partial charge in [-0.25, -0.2) is 4.79 Å². The third-order valence-corrected chi connectivity index (χ3v) is 3.50. The van der Waals surface area contributed by atoms with Crippen molar-refractivity contribution in [3.8, 4) is 0 Å². The lowest BCUT2D eigenvalue weighted by molar-refractivity contribution is -0.124. The lowest BCUT2D eigenvalue weighted by Crippen LogP contribution is -2.44. The molecule has 2 aliphatic heterocycles. The second-order valence-electron chi connectivity index (χ2n) is 5.00. The van der Waals surface area contributed by atoms with Crippen molar-refractivity contribution in [2.24, 2.45) is 0 Å². The van der Waals surface area contributed by atoms with Crippen molar-refractivity contribution >= 4 is 11.9 Å². The van der Waals surface area contributed by atoms with Crippen LogP contribution in [-0.2, 0) is 4.79 Å². The van der Waals surface area contributed by atoms with E-state index in [1.807, 2.05) is 31.2 Å². The van der Waals surface area contributed by atoms with Crippen LogP contribution in [-0.4, -0.2) is 30.4 Å². The van der Waals surface area contributed by atoms with Crippen molar-refractivity contribution in [3.63, 3.8) is 0 Å². The molecule has 2 heterocycles. The summed E-state index contributed by atoms with van der Waals surface area (Å²) in [6.07, 6.45) is 0. The highest BCUT2D eigenvalue weighted by Crippen LogP contribution is 2.31. The molecule has 0 aliphatic carbocycles. The maximum Gasteiger partial charge on any atom is 0.319 e. The number of amides is 3. The van der Waals surface area contributed by atoms with E-state index in [4.69, 9.17) is 0 Å². The van der Waals surface area contributed by atoms with Gasteiger partial charge in [-0.1, -0.05) is 29.8 Å². The molecule has 98 valence electrons. The highest BCUT2D eigenvalue weighted by Gasteiger charge is 2.38. The van der Waals surface area contributed by atoms with Crippen molar-refractivity contribution in [1.29, 1.82) is 0 Å². The Morgan fingerprint density at radius 3 is 2.84 bits per heavy atom. The van der Waals surface area contributed by atoms with Crippen LogP contribution in [0.15, 0.2) is 35.5 Å². The van der Waals surface area contributed by atoms with Gasteiger partial charge in [-0.2, -0.15) is 0 Å². The average molecular weight is 257 g/mol. The number of rotatable bonds is 1. The minimum Gasteiger partial charge on any atom is -0.336 e. The van der Waals surface area contributed by atoms with E-state index >= 15 is 0 Å². The van der Waals surface area contributed by atoms with Gasteiger partial charge in [-0.05, 0) is 12.5 Å². The molecule has 0 aromatic heterocycles. The van der Waals surface area contributed by atoms with Crippen molar-refractivity contribution in [3.05, 3.63) is 46.7 Å². The molecular formula is C14H15N3O2. The van der Waals surface area contributed by atoms with E-state index in [-0.39, 0.29) is 18.0 Å². The predicted octanol–water partition coefficient (Wildman–Crippen LogP) is 1.08. The fraction of sp³-hybridized carbons (Fsp3) is 0.286. The average Bonchev–Trinajstić information content (AvgIpc) is 2.64. The van der Waals surface area contributed by atoms with E-state index < -0.39 is 0 Å². The van der Waals surface area contributed by atoms with Crippen molar-refractivity contribution in [2.75, 3.05) is 13.6 Å². The molecule has 0 fully saturated rings. The van der Waals surface area contributed by atoms with Crippen molar-refractivity contribution < 1.29 is 9.59 Å². The summed E-state index contributed by atoms with van der Waals surface area (Å²) in [7, 11) is 1.74. The van der Waals surface area contributed by atoms with Crippen LogP contribution >= 0.6 is 0 Å². The number of benzene rings is 1. The lowest BCUT2D eigenvalue weighted by Gasteiger charge is -2.25. The Kier molecular flexibility index (Phi) is 2.55. The molecule has 0 saturated carbocycles. The van der Waals surface area contributed by atoms with Crippen LogP contribution < -0.4 is 10.6 Å². The van der Waals surface area contributed by atoms with Gasteiger partial charge in [0.25, 0.3) is 5.91 Å². The molecule has 2 aliphatic rings. The lowest BCUT2D eigenvalue weighted by atomic mass is 9.95. The van der Waals surface area contributed by atoms with Crippen LogP contribution in [0.4, 0.5) is 4.79 Å². The van der Waals surface area contributed by atoms with Crippen LogP contribution in [0.1, 0.15) is 17.2 Å². The third kappa shape index (κ3) is 1.87. The van der Waals surface area contributed by atoms with Crippen LogP contribution in [0.2, 0.25) is 0 Å². The Morgan fingerprint density at radius 2 is 2.11 bits per heavy atom. The van der Waals surface area contributed by atoms with E-state index in [0.29, 0.717) is 17.8 Å². The Hall–Kier alpha value is -2.30. The number of hydrogen-bond donors (Lipinski definition) is 2. The molecule has 0 radical (unpaired) electrons. The zero-order valence-corrected chi connectivity index (χ0v) is 10.9. The fourth-order valence-electron chi connectivity index (χ4n) is 2.61. The molecule has 0 bridgehead atoms. The summed E-state index contributed by atoms with van der Waals surface area (Å²) in [6, 6.07) is 7.23. The number of nitrogens with zero attached hydrogens (tertiary/aromatic N) is 1. The summed E-state index contributed by atoms with van der Waals surface area (Å²) >= 11 is 0. The second-order valence-corrected chi connectivity index (χ2v) is 5.00. The molecule has 5 nitrogen and oxygen atoms in total. The van der Waals surface area contributed by atoms with Gasteiger partial charge in [0.2, 0.25) is 0 Å². The van der Waals surface area contributed by atoms with E-state index in [1.165, 1.54) is 0 Å². The standard InChI is InChI=1S/C14H15N3O2/c1-8-4-3-5-9(6-8)12-11-10(15-14(19)16-12)7-17(2)13(11)18/h3-6,12H,7H2,1-2H3,(H2,15,16,19).